The normalized spacial score (nSPS) is 17.4. The third-order valence-corrected chi connectivity index (χ3v) is 20.8. The van der Waals surface area contributed by atoms with Gasteiger partial charge in [-0.25, -0.2) is 4.79 Å². The van der Waals surface area contributed by atoms with Crippen molar-refractivity contribution in [3.63, 3.8) is 0 Å². The van der Waals surface area contributed by atoms with Crippen LogP contribution in [-0.2, 0) is 8.85 Å². The van der Waals surface area contributed by atoms with E-state index < -0.39 is 16.6 Å². The fraction of sp³-hybridized carbons (Fsp3) is 0.976. The molecule has 0 aliphatic heterocycles. The molecule has 0 aromatic carbocycles. The van der Waals surface area contributed by atoms with Crippen molar-refractivity contribution in [1.29, 1.82) is 0 Å². The maximum Gasteiger partial charge on any atom is 0.318 e. The predicted octanol–water partition coefficient (Wildman–Crippen LogP) is 12.2. The second-order valence-electron chi connectivity index (χ2n) is 19.5. The van der Waals surface area contributed by atoms with Crippen molar-refractivity contribution in [3.05, 3.63) is 0 Å². The fourth-order valence-corrected chi connectivity index (χ4v) is 8.43. The van der Waals surface area contributed by atoms with Crippen molar-refractivity contribution in [2.75, 3.05) is 26.3 Å². The van der Waals surface area contributed by atoms with Crippen molar-refractivity contribution < 1.29 is 13.6 Å². The number of nitrogens with one attached hydrogen (secondary N) is 2. The lowest BCUT2D eigenvalue weighted by atomic mass is 9.94. The van der Waals surface area contributed by atoms with Gasteiger partial charge in [0.2, 0.25) is 0 Å². The van der Waals surface area contributed by atoms with Crippen LogP contribution in [0.1, 0.15) is 178 Å². The molecule has 0 spiro atoms. The summed E-state index contributed by atoms with van der Waals surface area (Å²) in [5, 5.41) is 7.54. The van der Waals surface area contributed by atoms with Crippen LogP contribution >= 0.6 is 0 Å². The number of amides is 2. The Morgan fingerprint density at radius 1 is 0.612 bits per heavy atom. The van der Waals surface area contributed by atoms with E-state index in [0.717, 1.165) is 51.5 Å². The molecule has 2 fully saturated rings. The minimum absolute atomic E-state index is 0.126. The first-order chi connectivity index (χ1) is 22.7. The maximum atomic E-state index is 12.8. The highest BCUT2D eigenvalue weighted by Gasteiger charge is 2.37. The molecule has 2 aliphatic carbocycles. The molecule has 2 rings (SSSR count). The molecule has 0 radical (unpaired) electrons. The summed E-state index contributed by atoms with van der Waals surface area (Å²) in [5.41, 5.74) is -0.176. The molecule has 0 aromatic rings. The molecule has 0 unspecified atom stereocenters. The Bertz CT molecular complexity index is 865. The van der Waals surface area contributed by atoms with E-state index in [4.69, 9.17) is 8.85 Å². The molecule has 0 atom stereocenters. The summed E-state index contributed by atoms with van der Waals surface area (Å²) >= 11 is 0. The van der Waals surface area contributed by atoms with Crippen LogP contribution in [0.4, 0.5) is 4.79 Å². The van der Waals surface area contributed by atoms with Crippen molar-refractivity contribution in [2.24, 2.45) is 0 Å². The van der Waals surface area contributed by atoms with E-state index >= 15 is 0 Å². The van der Waals surface area contributed by atoms with Gasteiger partial charge in [-0.3, -0.25) is 0 Å². The van der Waals surface area contributed by atoms with Crippen molar-refractivity contribution in [3.8, 4) is 0 Å². The van der Waals surface area contributed by atoms with Gasteiger partial charge in [0.1, 0.15) is 0 Å². The summed E-state index contributed by atoms with van der Waals surface area (Å²) in [6.07, 6.45) is 23.1. The number of unbranched alkanes of at least 4 members (excludes halogenated alkanes) is 6. The van der Waals surface area contributed by atoms with Gasteiger partial charge in [-0.2, -0.15) is 0 Å². The highest BCUT2D eigenvalue weighted by molar-refractivity contribution is 6.74. The van der Waals surface area contributed by atoms with E-state index in [1.807, 2.05) is 0 Å². The Labute approximate surface area is 309 Å². The Balaban J connectivity index is 0.000000510. The zero-order valence-corrected chi connectivity index (χ0v) is 37.4. The summed E-state index contributed by atoms with van der Waals surface area (Å²) in [5.74, 6) is 0. The largest absolute Gasteiger partial charge is 0.417 e. The zero-order valence-electron chi connectivity index (χ0n) is 35.4. The third kappa shape index (κ3) is 20.4. The van der Waals surface area contributed by atoms with Crippen molar-refractivity contribution in [2.45, 2.75) is 232 Å². The number of carbonyl (C=O) groups is 1. The van der Waals surface area contributed by atoms with E-state index in [0.29, 0.717) is 11.1 Å². The van der Waals surface area contributed by atoms with Crippen LogP contribution in [-0.4, -0.2) is 71.5 Å². The molecule has 0 heterocycles. The van der Waals surface area contributed by atoms with Crippen LogP contribution in [0.3, 0.4) is 0 Å². The smallest absolute Gasteiger partial charge is 0.318 e. The molecule has 0 aromatic heterocycles. The van der Waals surface area contributed by atoms with E-state index in [1.54, 1.807) is 0 Å². The van der Waals surface area contributed by atoms with Gasteiger partial charge in [-0.15, -0.1) is 0 Å². The summed E-state index contributed by atoms with van der Waals surface area (Å²) in [4.78, 5) is 15.0. The summed E-state index contributed by atoms with van der Waals surface area (Å²) < 4.78 is 12.5. The monoisotopic (exact) mass is 726 g/mol. The molecule has 2 amide bonds. The van der Waals surface area contributed by atoms with E-state index in [9.17, 15) is 4.79 Å². The number of hydrogen-bond acceptors (Lipinski definition) is 4. The Morgan fingerprint density at radius 2 is 1.04 bits per heavy atom. The average Bonchev–Trinajstić information content (AvgIpc) is 2.99. The standard InChI is InChI=1S/C23H48N2O2Si.C18H39NOSi/c1-22(2,3)24-21(26)25(20-16-12-11-13-17-20)18-14-9-10-15-19-27-28(7,8)23(4,5)6;1-18(2,3)21(4,5)20-16-12-7-6-11-15-19-17-13-9-8-10-14-17/h20H,9-19H2,1-8H3,(H,24,26);17,19H,6-16H2,1-5H3. The SMILES string of the molecule is CC(C)(C)NC(=O)N(CCCCCCO[Si](C)(C)C(C)(C)C)C1CCCCC1.CC(C)(C)[Si](C)(C)OCCCCCCNC1CCCCC1. The quantitative estimate of drug-likeness (QED) is 0.109. The average molecular weight is 726 g/mol. The van der Waals surface area contributed by atoms with Gasteiger partial charge in [-0.1, -0.05) is 106 Å². The minimum Gasteiger partial charge on any atom is -0.417 e. The van der Waals surface area contributed by atoms with Crippen LogP contribution in [0.5, 0.6) is 0 Å². The summed E-state index contributed by atoms with van der Waals surface area (Å²) in [6, 6.07) is 1.37. The van der Waals surface area contributed by atoms with Crippen molar-refractivity contribution >= 4 is 22.7 Å². The molecule has 49 heavy (non-hydrogen) atoms. The molecular formula is C41H87N3O3Si2. The van der Waals surface area contributed by atoms with Gasteiger partial charge in [0, 0.05) is 37.4 Å². The second-order valence-corrected chi connectivity index (χ2v) is 29.1. The van der Waals surface area contributed by atoms with Gasteiger partial charge in [0.05, 0.1) is 0 Å². The van der Waals surface area contributed by atoms with Gasteiger partial charge in [0.25, 0.3) is 0 Å². The lowest BCUT2D eigenvalue weighted by molar-refractivity contribution is 0.146. The first-order valence-corrected chi connectivity index (χ1v) is 26.6. The maximum absolute atomic E-state index is 12.8. The lowest BCUT2D eigenvalue weighted by Crippen LogP contribution is -2.52. The number of carbonyl (C=O) groups excluding carboxylic acids is 1. The summed E-state index contributed by atoms with van der Waals surface area (Å²) in [6.45, 7) is 33.3. The van der Waals surface area contributed by atoms with Crippen LogP contribution in [0.2, 0.25) is 36.3 Å². The third-order valence-electron chi connectivity index (χ3n) is 11.7. The van der Waals surface area contributed by atoms with E-state index in [-0.39, 0.29) is 16.6 Å². The molecule has 8 heteroatoms. The van der Waals surface area contributed by atoms with E-state index in [2.05, 4.69) is 104 Å². The predicted molar refractivity (Wildman–Crippen MR) is 220 cm³/mol. The first kappa shape index (κ1) is 46.6. The Kier molecular flexibility index (Phi) is 21.5. The van der Waals surface area contributed by atoms with Crippen LogP contribution in [0.15, 0.2) is 0 Å². The fourth-order valence-electron chi connectivity index (χ4n) is 6.25. The Morgan fingerprint density at radius 3 is 1.49 bits per heavy atom. The van der Waals surface area contributed by atoms with Gasteiger partial charge in [0.15, 0.2) is 16.6 Å². The number of nitrogens with zero attached hydrogens (tertiary/aromatic N) is 1. The first-order valence-electron chi connectivity index (χ1n) is 20.8. The number of hydrogen-bond donors (Lipinski definition) is 2. The molecule has 0 saturated heterocycles. The highest BCUT2D eigenvalue weighted by atomic mass is 28.4. The van der Waals surface area contributed by atoms with Crippen LogP contribution in [0, 0.1) is 0 Å². The molecular weight excluding hydrogens is 639 g/mol. The van der Waals surface area contributed by atoms with Crippen LogP contribution < -0.4 is 10.6 Å². The van der Waals surface area contributed by atoms with E-state index in [1.165, 1.54) is 96.4 Å². The topological polar surface area (TPSA) is 62.8 Å². The minimum atomic E-state index is -1.61. The zero-order chi connectivity index (χ0) is 37.2. The molecule has 0 bridgehead atoms. The molecule has 2 N–H and O–H groups in total. The summed E-state index contributed by atoms with van der Waals surface area (Å²) in [7, 11) is -3.13. The number of urea groups is 1. The molecule has 2 aliphatic rings. The highest BCUT2D eigenvalue weighted by Crippen LogP contribution is 2.37. The molecule has 2 saturated carbocycles. The lowest BCUT2D eigenvalue weighted by Gasteiger charge is -2.36. The second kappa shape index (κ2) is 22.6. The molecule has 6 nitrogen and oxygen atoms in total. The Hall–Kier alpha value is -0.416. The van der Waals surface area contributed by atoms with Crippen LogP contribution in [0.25, 0.3) is 0 Å². The number of rotatable bonds is 18. The van der Waals surface area contributed by atoms with Gasteiger partial charge >= 0.3 is 6.03 Å². The van der Waals surface area contributed by atoms with Gasteiger partial charge < -0.3 is 24.4 Å². The van der Waals surface area contributed by atoms with Gasteiger partial charge in [-0.05, 0) is 115 Å². The molecule has 292 valence electrons. The van der Waals surface area contributed by atoms with Crippen molar-refractivity contribution in [1.82, 2.24) is 15.5 Å².